The van der Waals surface area contributed by atoms with Crippen LogP contribution in [0.4, 0.5) is 11.4 Å². The van der Waals surface area contributed by atoms with Gasteiger partial charge in [-0.05, 0) is 48.5 Å². The smallest absolute Gasteiger partial charge is 0.264 e. The molecule has 0 aliphatic carbocycles. The van der Waals surface area contributed by atoms with Gasteiger partial charge in [0.25, 0.3) is 5.91 Å². The fraction of sp³-hybridized carbons (Fsp3) is 0.240. The van der Waals surface area contributed by atoms with Crippen LogP contribution in [-0.2, 0) is 4.79 Å². The lowest BCUT2D eigenvalue weighted by Crippen LogP contribution is -2.52. The van der Waals surface area contributed by atoms with Gasteiger partial charge in [-0.15, -0.1) is 0 Å². The summed E-state index contributed by atoms with van der Waals surface area (Å²) in [5.41, 5.74) is 2.00. The van der Waals surface area contributed by atoms with Crippen molar-refractivity contribution in [1.29, 1.82) is 0 Å². The standard InChI is InChI=1S/C25H24N4O4/c1-32-19-10-8-18(9-11-19)27-13-15-28(16-14-27)23(30)17-29-21-6-2-3-7-22(21)33-24-20(25(29)31)5-4-12-26-24/h2-12H,13-17H2,1H3. The Morgan fingerprint density at radius 2 is 1.76 bits per heavy atom. The highest BCUT2D eigenvalue weighted by atomic mass is 16.5. The van der Waals surface area contributed by atoms with Crippen LogP contribution in [0.15, 0.2) is 66.9 Å². The topological polar surface area (TPSA) is 75.2 Å². The van der Waals surface area contributed by atoms with E-state index in [2.05, 4.69) is 9.88 Å². The molecule has 168 valence electrons. The fourth-order valence-corrected chi connectivity index (χ4v) is 4.16. The van der Waals surface area contributed by atoms with Crippen molar-refractivity contribution in [3.05, 3.63) is 72.4 Å². The molecule has 0 atom stereocenters. The summed E-state index contributed by atoms with van der Waals surface area (Å²) in [5.74, 6) is 1.17. The van der Waals surface area contributed by atoms with Gasteiger partial charge in [-0.3, -0.25) is 14.5 Å². The highest BCUT2D eigenvalue weighted by Gasteiger charge is 2.32. The van der Waals surface area contributed by atoms with Gasteiger partial charge in [-0.2, -0.15) is 0 Å². The number of piperazine rings is 1. The molecule has 0 bridgehead atoms. The van der Waals surface area contributed by atoms with E-state index in [0.29, 0.717) is 30.1 Å². The predicted molar refractivity (Wildman–Crippen MR) is 124 cm³/mol. The van der Waals surface area contributed by atoms with Crippen molar-refractivity contribution in [2.75, 3.05) is 49.6 Å². The van der Waals surface area contributed by atoms with Gasteiger partial charge in [0.1, 0.15) is 17.9 Å². The summed E-state index contributed by atoms with van der Waals surface area (Å²) in [6, 6.07) is 18.5. The molecule has 2 aromatic carbocycles. The van der Waals surface area contributed by atoms with Crippen LogP contribution in [0.2, 0.25) is 0 Å². The van der Waals surface area contributed by atoms with Gasteiger partial charge in [0.05, 0.1) is 12.8 Å². The van der Waals surface area contributed by atoms with E-state index < -0.39 is 0 Å². The third-order valence-electron chi connectivity index (χ3n) is 5.97. The van der Waals surface area contributed by atoms with Gasteiger partial charge < -0.3 is 19.3 Å². The molecule has 0 N–H and O–H groups in total. The molecule has 2 aliphatic rings. The number of hydrogen-bond donors (Lipinski definition) is 0. The number of ether oxygens (including phenoxy) is 2. The lowest BCUT2D eigenvalue weighted by molar-refractivity contribution is -0.129. The van der Waals surface area contributed by atoms with Crippen LogP contribution in [0, 0.1) is 0 Å². The largest absolute Gasteiger partial charge is 0.497 e. The van der Waals surface area contributed by atoms with Crippen LogP contribution < -0.4 is 19.3 Å². The van der Waals surface area contributed by atoms with E-state index in [0.717, 1.165) is 24.5 Å². The van der Waals surface area contributed by atoms with Crippen LogP contribution in [0.1, 0.15) is 10.4 Å². The number of anilines is 2. The zero-order chi connectivity index (χ0) is 22.8. The summed E-state index contributed by atoms with van der Waals surface area (Å²) >= 11 is 0. The predicted octanol–water partition coefficient (Wildman–Crippen LogP) is 3.19. The maximum Gasteiger partial charge on any atom is 0.264 e. The number of carbonyl (C=O) groups is 2. The molecule has 8 nitrogen and oxygen atoms in total. The minimum Gasteiger partial charge on any atom is -0.497 e. The Morgan fingerprint density at radius 3 is 2.52 bits per heavy atom. The average Bonchev–Trinajstić information content (AvgIpc) is 2.99. The first-order valence-corrected chi connectivity index (χ1v) is 10.8. The Morgan fingerprint density at radius 1 is 1.00 bits per heavy atom. The highest BCUT2D eigenvalue weighted by Crippen LogP contribution is 2.37. The average molecular weight is 444 g/mol. The molecule has 33 heavy (non-hydrogen) atoms. The van der Waals surface area contributed by atoms with E-state index >= 15 is 0 Å². The Bertz CT molecular complexity index is 1170. The van der Waals surface area contributed by atoms with Gasteiger partial charge in [-0.1, -0.05) is 12.1 Å². The van der Waals surface area contributed by atoms with Crippen molar-refractivity contribution >= 4 is 23.2 Å². The highest BCUT2D eigenvalue weighted by molar-refractivity contribution is 6.11. The molecule has 3 aromatic rings. The Hall–Kier alpha value is -4.07. The number of pyridine rings is 1. The van der Waals surface area contributed by atoms with Gasteiger partial charge in [0.2, 0.25) is 11.8 Å². The third-order valence-corrected chi connectivity index (χ3v) is 5.97. The molecule has 3 heterocycles. The summed E-state index contributed by atoms with van der Waals surface area (Å²) < 4.78 is 11.1. The van der Waals surface area contributed by atoms with E-state index in [1.54, 1.807) is 37.6 Å². The number of aromatic nitrogens is 1. The number of hydrogen-bond acceptors (Lipinski definition) is 6. The Kier molecular flexibility index (Phi) is 5.56. The Balaban J connectivity index is 1.31. The number of carbonyl (C=O) groups excluding carboxylic acids is 2. The van der Waals surface area contributed by atoms with E-state index in [4.69, 9.17) is 9.47 Å². The molecule has 0 unspecified atom stereocenters. The lowest BCUT2D eigenvalue weighted by atomic mass is 10.2. The third kappa shape index (κ3) is 4.07. The first kappa shape index (κ1) is 20.8. The van der Waals surface area contributed by atoms with Crippen molar-refractivity contribution in [3.63, 3.8) is 0 Å². The van der Waals surface area contributed by atoms with Crippen LogP contribution in [-0.4, -0.2) is 61.5 Å². The van der Waals surface area contributed by atoms with E-state index in [1.807, 2.05) is 41.3 Å². The molecule has 5 rings (SSSR count). The second-order valence-corrected chi connectivity index (χ2v) is 7.88. The molecular formula is C25H24N4O4. The quantitative estimate of drug-likeness (QED) is 0.615. The minimum atomic E-state index is -0.298. The van der Waals surface area contributed by atoms with E-state index in [1.165, 1.54) is 4.90 Å². The second-order valence-electron chi connectivity index (χ2n) is 7.88. The van der Waals surface area contributed by atoms with E-state index in [-0.39, 0.29) is 24.2 Å². The lowest BCUT2D eigenvalue weighted by Gasteiger charge is -2.37. The summed E-state index contributed by atoms with van der Waals surface area (Å²) in [5, 5.41) is 0. The van der Waals surface area contributed by atoms with Crippen LogP contribution in [0.3, 0.4) is 0 Å². The van der Waals surface area contributed by atoms with Gasteiger partial charge in [-0.25, -0.2) is 4.98 Å². The van der Waals surface area contributed by atoms with Crippen LogP contribution >= 0.6 is 0 Å². The minimum absolute atomic E-state index is 0.0594. The number of amides is 2. The summed E-state index contributed by atoms with van der Waals surface area (Å²) in [6.07, 6.45) is 1.58. The summed E-state index contributed by atoms with van der Waals surface area (Å²) in [4.78, 5) is 36.3. The molecular weight excluding hydrogens is 420 g/mol. The van der Waals surface area contributed by atoms with Gasteiger partial charge >= 0.3 is 0 Å². The zero-order valence-corrected chi connectivity index (χ0v) is 18.3. The summed E-state index contributed by atoms with van der Waals surface area (Å²) in [7, 11) is 1.65. The van der Waals surface area contributed by atoms with Crippen LogP contribution in [0.25, 0.3) is 0 Å². The van der Waals surface area contributed by atoms with Crippen molar-refractivity contribution in [2.45, 2.75) is 0 Å². The molecule has 1 fully saturated rings. The number of benzene rings is 2. The van der Waals surface area contributed by atoms with E-state index in [9.17, 15) is 9.59 Å². The summed E-state index contributed by atoms with van der Waals surface area (Å²) in [6.45, 7) is 2.55. The van der Waals surface area contributed by atoms with Crippen molar-refractivity contribution < 1.29 is 19.1 Å². The maximum absolute atomic E-state index is 13.3. The normalized spacial score (nSPS) is 15.3. The number of nitrogens with zero attached hydrogens (tertiary/aromatic N) is 4. The zero-order valence-electron chi connectivity index (χ0n) is 18.3. The van der Waals surface area contributed by atoms with Crippen molar-refractivity contribution in [1.82, 2.24) is 9.88 Å². The number of para-hydroxylation sites is 2. The molecule has 8 heteroatoms. The molecule has 1 aromatic heterocycles. The fourth-order valence-electron chi connectivity index (χ4n) is 4.16. The first-order chi connectivity index (χ1) is 16.1. The first-order valence-electron chi connectivity index (χ1n) is 10.8. The van der Waals surface area contributed by atoms with Gasteiger partial charge in [0, 0.05) is 38.1 Å². The van der Waals surface area contributed by atoms with Gasteiger partial charge in [0.15, 0.2) is 5.75 Å². The molecule has 1 saturated heterocycles. The number of methoxy groups -OCH3 is 1. The van der Waals surface area contributed by atoms with Crippen molar-refractivity contribution in [3.8, 4) is 17.4 Å². The molecule has 0 spiro atoms. The molecule has 0 saturated carbocycles. The number of rotatable bonds is 4. The van der Waals surface area contributed by atoms with Crippen LogP contribution in [0.5, 0.6) is 17.4 Å². The Labute approximate surface area is 192 Å². The monoisotopic (exact) mass is 444 g/mol. The molecule has 2 amide bonds. The second kappa shape index (κ2) is 8.82. The number of fused-ring (bicyclic) bond motifs is 2. The molecule has 0 radical (unpaired) electrons. The van der Waals surface area contributed by atoms with Crippen molar-refractivity contribution in [2.24, 2.45) is 0 Å². The SMILES string of the molecule is COc1ccc(N2CCN(C(=O)CN3C(=O)c4cccnc4Oc4ccccc43)CC2)cc1. The maximum atomic E-state index is 13.3. The molecule has 2 aliphatic heterocycles.